The zero-order chi connectivity index (χ0) is 19.1. The summed E-state index contributed by atoms with van der Waals surface area (Å²) in [5.74, 6) is -0.235. The highest BCUT2D eigenvalue weighted by molar-refractivity contribution is 7.98. The third-order valence-electron chi connectivity index (χ3n) is 5.85. The molecule has 2 fully saturated rings. The molecule has 27 heavy (non-hydrogen) atoms. The second-order valence-electron chi connectivity index (χ2n) is 7.46. The van der Waals surface area contributed by atoms with E-state index < -0.39 is 23.9 Å². The van der Waals surface area contributed by atoms with Crippen molar-refractivity contribution < 1.29 is 19.5 Å². The molecular formula is C20H22N2O4S. The molecule has 1 aromatic rings. The molecule has 4 atom stereocenters. The van der Waals surface area contributed by atoms with Crippen LogP contribution in [0.5, 0.6) is 0 Å². The third-order valence-corrected chi connectivity index (χ3v) is 6.57. The fourth-order valence-electron chi connectivity index (χ4n) is 4.55. The number of anilines is 1. The average molecular weight is 386 g/mol. The van der Waals surface area contributed by atoms with Crippen molar-refractivity contribution in [1.82, 2.24) is 4.90 Å². The zero-order valence-corrected chi connectivity index (χ0v) is 15.9. The van der Waals surface area contributed by atoms with Gasteiger partial charge in [-0.2, -0.15) is 0 Å². The summed E-state index contributed by atoms with van der Waals surface area (Å²) in [6.45, 7) is 0.437. The number of rotatable bonds is 6. The van der Waals surface area contributed by atoms with Gasteiger partial charge in [0.05, 0.1) is 12.1 Å². The maximum absolute atomic E-state index is 13.1. The lowest BCUT2D eigenvalue weighted by atomic mass is 9.92. The van der Waals surface area contributed by atoms with Crippen molar-refractivity contribution in [3.63, 3.8) is 0 Å². The molecule has 142 valence electrons. The molecule has 3 unspecified atom stereocenters. The number of carbonyl (C=O) groups excluding carboxylic acids is 2. The number of allylic oxidation sites excluding steroid dienone is 2. The minimum absolute atomic E-state index is 0.297. The van der Waals surface area contributed by atoms with E-state index in [1.165, 1.54) is 16.7 Å². The van der Waals surface area contributed by atoms with Crippen LogP contribution in [0.2, 0.25) is 0 Å². The van der Waals surface area contributed by atoms with Gasteiger partial charge in [0.15, 0.2) is 0 Å². The fraction of sp³-hybridized carbons (Fsp3) is 0.450. The Hall–Kier alpha value is -2.28. The monoisotopic (exact) mass is 386 g/mol. The molecule has 2 aliphatic carbocycles. The number of nitrogens with zero attached hydrogens (tertiary/aromatic N) is 2. The summed E-state index contributed by atoms with van der Waals surface area (Å²) in [4.78, 5) is 41.0. The Balaban J connectivity index is 1.62. The Morgan fingerprint density at radius 3 is 2.70 bits per heavy atom. The average Bonchev–Trinajstić information content (AvgIpc) is 3.32. The first kappa shape index (κ1) is 18.1. The molecule has 3 aliphatic rings. The molecule has 1 N–H and O–H groups in total. The molecule has 1 saturated carbocycles. The van der Waals surface area contributed by atoms with Crippen LogP contribution in [0.4, 0.5) is 10.5 Å². The number of hydrogen-bond donors (Lipinski definition) is 1. The van der Waals surface area contributed by atoms with Gasteiger partial charge in [0.1, 0.15) is 6.04 Å². The molecule has 0 radical (unpaired) electrons. The third kappa shape index (κ3) is 3.25. The Kier molecular flexibility index (Phi) is 4.72. The number of carboxylic acids is 1. The number of carboxylic acid groups (broad SMARTS) is 1. The van der Waals surface area contributed by atoms with Gasteiger partial charge in [0, 0.05) is 11.4 Å². The second-order valence-corrected chi connectivity index (χ2v) is 8.34. The quantitative estimate of drug-likeness (QED) is 0.461. The van der Waals surface area contributed by atoms with Gasteiger partial charge in [0.25, 0.3) is 5.91 Å². The van der Waals surface area contributed by atoms with Crippen molar-refractivity contribution in [2.75, 3.05) is 17.7 Å². The number of imide groups is 1. The van der Waals surface area contributed by atoms with Crippen LogP contribution >= 0.6 is 11.8 Å². The summed E-state index contributed by atoms with van der Waals surface area (Å²) < 4.78 is 0. The Morgan fingerprint density at radius 2 is 2.07 bits per heavy atom. The number of amides is 3. The summed E-state index contributed by atoms with van der Waals surface area (Å²) >= 11 is 1.53. The number of thioether (sulfide) groups is 1. The Labute approximate surface area is 162 Å². The van der Waals surface area contributed by atoms with Crippen molar-refractivity contribution >= 4 is 35.4 Å². The second kappa shape index (κ2) is 7.03. The maximum Gasteiger partial charge on any atom is 0.332 e. The number of carbonyl (C=O) groups is 3. The molecule has 1 aromatic carbocycles. The highest BCUT2D eigenvalue weighted by atomic mass is 32.2. The van der Waals surface area contributed by atoms with Gasteiger partial charge < -0.3 is 10.0 Å². The van der Waals surface area contributed by atoms with Gasteiger partial charge >= 0.3 is 12.0 Å². The van der Waals surface area contributed by atoms with E-state index in [1.807, 2.05) is 12.3 Å². The molecule has 6 nitrogen and oxygen atoms in total. The van der Waals surface area contributed by atoms with Gasteiger partial charge in [-0.15, -0.1) is 11.8 Å². The molecular weight excluding hydrogens is 364 g/mol. The van der Waals surface area contributed by atoms with Crippen molar-refractivity contribution in [3.8, 4) is 0 Å². The number of benzene rings is 1. The first-order chi connectivity index (χ1) is 13.0. The summed E-state index contributed by atoms with van der Waals surface area (Å²) in [7, 11) is 0. The molecule has 1 saturated heterocycles. The predicted molar refractivity (Wildman–Crippen MR) is 103 cm³/mol. The maximum atomic E-state index is 13.1. The first-order valence-electron chi connectivity index (χ1n) is 9.16. The standard InChI is InChI=1S/C20H22N2O4S/c1-27-16-4-2-3-15(9-16)22-19(25)17(10-18(23)24)21(20(22)26)11-14-8-12-5-6-13(14)7-12/h2-6,9,12-14,17H,7-8,10-11H2,1H3,(H,23,24)/t12?,13?,14?,17-/m0/s1. The zero-order valence-electron chi connectivity index (χ0n) is 15.1. The van der Waals surface area contributed by atoms with Gasteiger partial charge in [-0.05, 0) is 55.1 Å². The molecule has 7 heteroatoms. The van der Waals surface area contributed by atoms with E-state index in [-0.39, 0.29) is 6.42 Å². The molecule has 1 aliphatic heterocycles. The highest BCUT2D eigenvalue weighted by Gasteiger charge is 2.49. The minimum atomic E-state index is -1.07. The summed E-state index contributed by atoms with van der Waals surface area (Å²) in [6.07, 6.45) is 8.10. The lowest BCUT2D eigenvalue weighted by Crippen LogP contribution is -2.40. The number of fused-ring (bicyclic) bond motifs is 2. The molecule has 3 amide bonds. The molecule has 1 heterocycles. The van der Waals surface area contributed by atoms with Crippen molar-refractivity contribution in [2.45, 2.75) is 30.2 Å². The number of hydrogen-bond acceptors (Lipinski definition) is 4. The molecule has 0 spiro atoms. The molecule has 2 bridgehead atoms. The van der Waals surface area contributed by atoms with Gasteiger partial charge in [-0.3, -0.25) is 9.59 Å². The Morgan fingerprint density at radius 1 is 1.26 bits per heavy atom. The van der Waals surface area contributed by atoms with Gasteiger partial charge in [-0.1, -0.05) is 18.2 Å². The van der Waals surface area contributed by atoms with Crippen LogP contribution in [-0.2, 0) is 9.59 Å². The van der Waals surface area contributed by atoms with Crippen LogP contribution in [0.25, 0.3) is 0 Å². The first-order valence-corrected chi connectivity index (χ1v) is 10.4. The fourth-order valence-corrected chi connectivity index (χ4v) is 5.00. The van der Waals surface area contributed by atoms with E-state index in [2.05, 4.69) is 12.2 Å². The SMILES string of the molecule is CSc1cccc(N2C(=O)[C@H](CC(=O)O)N(CC3CC4C=CC3C4)C2=O)c1. The summed E-state index contributed by atoms with van der Waals surface area (Å²) in [6, 6.07) is 5.89. The lowest BCUT2D eigenvalue weighted by molar-refractivity contribution is -0.140. The van der Waals surface area contributed by atoms with Crippen LogP contribution in [-0.4, -0.2) is 46.8 Å². The van der Waals surface area contributed by atoms with E-state index in [0.29, 0.717) is 30.0 Å². The van der Waals surface area contributed by atoms with Crippen LogP contribution in [0.15, 0.2) is 41.3 Å². The largest absolute Gasteiger partial charge is 0.481 e. The van der Waals surface area contributed by atoms with Gasteiger partial charge in [-0.25, -0.2) is 9.69 Å². The minimum Gasteiger partial charge on any atom is -0.481 e. The van der Waals surface area contributed by atoms with Crippen molar-refractivity contribution in [3.05, 3.63) is 36.4 Å². The highest BCUT2D eigenvalue weighted by Crippen LogP contribution is 2.44. The van der Waals surface area contributed by atoms with E-state index in [4.69, 9.17) is 0 Å². The van der Waals surface area contributed by atoms with Crippen molar-refractivity contribution in [1.29, 1.82) is 0 Å². The topological polar surface area (TPSA) is 77.9 Å². The number of aliphatic carboxylic acids is 1. The van der Waals surface area contributed by atoms with Crippen LogP contribution in [0, 0.1) is 17.8 Å². The van der Waals surface area contributed by atoms with Crippen molar-refractivity contribution in [2.24, 2.45) is 17.8 Å². The van der Waals surface area contributed by atoms with E-state index in [0.717, 1.165) is 22.6 Å². The van der Waals surface area contributed by atoms with E-state index in [9.17, 15) is 19.5 Å². The normalized spacial score (nSPS) is 29.2. The van der Waals surface area contributed by atoms with Crippen LogP contribution in [0.1, 0.15) is 19.3 Å². The van der Waals surface area contributed by atoms with Crippen LogP contribution in [0.3, 0.4) is 0 Å². The lowest BCUT2D eigenvalue weighted by Gasteiger charge is -2.27. The summed E-state index contributed by atoms with van der Waals surface area (Å²) in [5.41, 5.74) is 0.502. The smallest absolute Gasteiger partial charge is 0.332 e. The van der Waals surface area contributed by atoms with Crippen LogP contribution < -0.4 is 4.90 Å². The predicted octanol–water partition coefficient (Wildman–Crippen LogP) is 3.23. The molecule has 0 aromatic heterocycles. The van der Waals surface area contributed by atoms with Gasteiger partial charge in [0.2, 0.25) is 0 Å². The van der Waals surface area contributed by atoms with E-state index >= 15 is 0 Å². The Bertz CT molecular complexity index is 824. The van der Waals surface area contributed by atoms with E-state index in [1.54, 1.807) is 18.2 Å². The molecule has 4 rings (SSSR count). The number of urea groups is 1. The summed E-state index contributed by atoms with van der Waals surface area (Å²) in [5, 5.41) is 9.28.